The third-order valence-electron chi connectivity index (χ3n) is 7.22. The molecule has 1 aromatic heterocycles. The van der Waals surface area contributed by atoms with E-state index in [0.717, 1.165) is 55.9 Å². The predicted octanol–water partition coefficient (Wildman–Crippen LogP) is 4.51. The van der Waals surface area contributed by atoms with E-state index in [2.05, 4.69) is 4.90 Å². The van der Waals surface area contributed by atoms with Gasteiger partial charge in [-0.1, -0.05) is 0 Å². The molecule has 12 heteroatoms. The highest BCUT2D eigenvalue weighted by Crippen LogP contribution is 2.38. The van der Waals surface area contributed by atoms with Crippen molar-refractivity contribution in [2.75, 3.05) is 44.2 Å². The van der Waals surface area contributed by atoms with Gasteiger partial charge in [-0.25, -0.2) is 0 Å². The molecule has 0 spiro atoms. The summed E-state index contributed by atoms with van der Waals surface area (Å²) >= 11 is 5.56. The molecule has 2 aliphatic heterocycles. The summed E-state index contributed by atoms with van der Waals surface area (Å²) in [7, 11) is 0. The van der Waals surface area contributed by atoms with Crippen LogP contribution < -0.4 is 4.90 Å². The smallest absolute Gasteiger partial charge is 0.417 e. The summed E-state index contributed by atoms with van der Waals surface area (Å²) in [4.78, 5) is 32.8. The second-order valence-electron chi connectivity index (χ2n) is 10.1. The highest BCUT2D eigenvalue weighted by atomic mass is 32.1. The van der Waals surface area contributed by atoms with Crippen LogP contribution in [0.3, 0.4) is 0 Å². The molecule has 0 saturated carbocycles. The van der Waals surface area contributed by atoms with Crippen LogP contribution in [0.1, 0.15) is 54.8 Å². The van der Waals surface area contributed by atoms with Crippen molar-refractivity contribution in [3.63, 3.8) is 0 Å². The lowest BCUT2D eigenvalue weighted by molar-refractivity contribution is -0.137. The first-order valence-electron chi connectivity index (χ1n) is 12.8. The number of unbranched alkanes of at least 4 members (excludes halogenated alkanes) is 1. The van der Waals surface area contributed by atoms with Gasteiger partial charge in [-0.2, -0.15) is 18.4 Å². The number of furan rings is 1. The molecule has 0 unspecified atom stereocenters. The monoisotopic (exact) mass is 561 g/mol. The average molecular weight is 562 g/mol. The highest BCUT2D eigenvalue weighted by molar-refractivity contribution is 7.80. The molecule has 39 heavy (non-hydrogen) atoms. The van der Waals surface area contributed by atoms with Gasteiger partial charge in [0.25, 0.3) is 11.8 Å². The molecule has 0 bridgehead atoms. The quantitative estimate of drug-likeness (QED) is 0.363. The normalized spacial score (nSPS) is 18.4. The third kappa shape index (κ3) is 5.94. The van der Waals surface area contributed by atoms with Gasteiger partial charge in [-0.3, -0.25) is 14.5 Å². The van der Waals surface area contributed by atoms with Crippen molar-refractivity contribution >= 4 is 34.8 Å². The number of anilines is 1. The van der Waals surface area contributed by atoms with Crippen molar-refractivity contribution < 1.29 is 27.2 Å². The Kier molecular flexibility index (Phi) is 8.32. The fourth-order valence-corrected chi connectivity index (χ4v) is 5.51. The summed E-state index contributed by atoms with van der Waals surface area (Å²) in [5, 5.41) is 9.23. The maximum Gasteiger partial charge on any atom is 0.417 e. The molecular weight excluding hydrogens is 531 g/mol. The summed E-state index contributed by atoms with van der Waals surface area (Å²) in [6.07, 6.45) is -0.857. The van der Waals surface area contributed by atoms with E-state index in [4.69, 9.17) is 21.9 Å². The zero-order valence-corrected chi connectivity index (χ0v) is 22.6. The van der Waals surface area contributed by atoms with Crippen molar-refractivity contribution in [2.24, 2.45) is 0 Å². The van der Waals surface area contributed by atoms with Crippen LogP contribution >= 0.6 is 12.2 Å². The standard InChI is InChI=1S/C27H30F3N5O3S/c1-26(2)24(37)35(20-9-8-19(18-31)21(17-20)27(28,29)30)25(39)34(26)13-4-3-10-32-11-6-12-33(15-14-32)23(36)22-7-5-16-38-22/h5,7-9,16-17H,3-4,6,10-15H2,1-2H3. The van der Waals surface area contributed by atoms with E-state index in [9.17, 15) is 22.8 Å². The second kappa shape index (κ2) is 11.4. The van der Waals surface area contributed by atoms with Gasteiger partial charge in [-0.15, -0.1) is 0 Å². The fraction of sp³-hybridized carbons (Fsp3) is 0.481. The van der Waals surface area contributed by atoms with Crippen molar-refractivity contribution in [1.29, 1.82) is 5.26 Å². The van der Waals surface area contributed by atoms with Crippen LogP contribution in [0.25, 0.3) is 0 Å². The second-order valence-corrected chi connectivity index (χ2v) is 10.5. The molecule has 0 atom stereocenters. The summed E-state index contributed by atoms with van der Waals surface area (Å²) in [5.41, 5.74) is -2.65. The number of nitrogens with zero attached hydrogens (tertiary/aromatic N) is 5. The minimum atomic E-state index is -4.74. The Morgan fingerprint density at radius 2 is 1.87 bits per heavy atom. The number of hydrogen-bond acceptors (Lipinski definition) is 6. The Morgan fingerprint density at radius 3 is 2.54 bits per heavy atom. The molecule has 0 aliphatic carbocycles. The number of benzene rings is 1. The first-order chi connectivity index (χ1) is 18.4. The van der Waals surface area contributed by atoms with Crippen molar-refractivity contribution in [3.8, 4) is 6.07 Å². The van der Waals surface area contributed by atoms with Gasteiger partial charge >= 0.3 is 6.18 Å². The number of thiocarbonyl (C=S) groups is 1. The van der Waals surface area contributed by atoms with Crippen LogP contribution in [0.4, 0.5) is 18.9 Å². The van der Waals surface area contributed by atoms with Gasteiger partial charge in [0.05, 0.1) is 29.1 Å². The third-order valence-corrected chi connectivity index (χ3v) is 7.63. The van der Waals surface area contributed by atoms with Crippen LogP contribution in [0, 0.1) is 11.3 Å². The topological polar surface area (TPSA) is 84.0 Å². The maximum absolute atomic E-state index is 13.5. The van der Waals surface area contributed by atoms with E-state index in [1.165, 1.54) is 12.3 Å². The molecule has 2 amide bonds. The zero-order chi connectivity index (χ0) is 28.4. The van der Waals surface area contributed by atoms with Crippen LogP contribution in [-0.4, -0.2) is 76.4 Å². The lowest BCUT2D eigenvalue weighted by Gasteiger charge is -2.29. The van der Waals surface area contributed by atoms with Gasteiger partial charge < -0.3 is 19.1 Å². The lowest BCUT2D eigenvalue weighted by Crippen LogP contribution is -2.44. The highest BCUT2D eigenvalue weighted by Gasteiger charge is 2.49. The molecule has 2 aliphatic rings. The number of alkyl halides is 3. The molecule has 2 aromatic rings. The fourth-order valence-electron chi connectivity index (χ4n) is 5.00. The van der Waals surface area contributed by atoms with E-state index in [-0.39, 0.29) is 16.7 Å². The Labute approximate surface area is 230 Å². The van der Waals surface area contributed by atoms with E-state index in [1.54, 1.807) is 41.8 Å². The lowest BCUT2D eigenvalue weighted by atomic mass is 10.0. The van der Waals surface area contributed by atoms with E-state index >= 15 is 0 Å². The number of rotatable bonds is 7. The minimum absolute atomic E-state index is 0.00915. The Bertz CT molecular complexity index is 1270. The average Bonchev–Trinajstić information content (AvgIpc) is 3.39. The van der Waals surface area contributed by atoms with Crippen molar-refractivity contribution in [2.45, 2.75) is 44.8 Å². The Balaban J connectivity index is 1.34. The summed E-state index contributed by atoms with van der Waals surface area (Å²) in [6.45, 7) is 7.56. The SMILES string of the molecule is CC1(C)C(=O)N(c2ccc(C#N)c(C(F)(F)F)c2)C(=S)N1CCCCN1CCCN(C(=O)c2ccco2)CC1. The molecule has 0 radical (unpaired) electrons. The largest absolute Gasteiger partial charge is 0.459 e. The van der Waals surface area contributed by atoms with E-state index in [1.807, 2.05) is 0 Å². The van der Waals surface area contributed by atoms with Crippen LogP contribution in [0.15, 0.2) is 41.0 Å². The molecule has 0 N–H and O–H groups in total. The first-order valence-corrected chi connectivity index (χ1v) is 13.2. The summed E-state index contributed by atoms with van der Waals surface area (Å²) < 4.78 is 45.8. The molecule has 3 heterocycles. The number of nitriles is 1. The van der Waals surface area contributed by atoms with Gasteiger partial charge in [0.2, 0.25) is 0 Å². The van der Waals surface area contributed by atoms with Crippen molar-refractivity contribution in [1.82, 2.24) is 14.7 Å². The summed E-state index contributed by atoms with van der Waals surface area (Å²) in [5.74, 6) is -0.184. The number of carbonyl (C=O) groups excluding carboxylic acids is 2. The minimum Gasteiger partial charge on any atom is -0.459 e. The number of amides is 2. The predicted molar refractivity (Wildman–Crippen MR) is 142 cm³/mol. The van der Waals surface area contributed by atoms with Gasteiger partial charge in [0.1, 0.15) is 5.54 Å². The number of halogens is 3. The maximum atomic E-state index is 13.5. The first kappa shape index (κ1) is 28.6. The van der Waals surface area contributed by atoms with E-state index < -0.39 is 28.7 Å². The van der Waals surface area contributed by atoms with Crippen LogP contribution in [0.5, 0.6) is 0 Å². The molecule has 2 fully saturated rings. The molecule has 8 nitrogen and oxygen atoms in total. The molecule has 1 aromatic carbocycles. The number of carbonyl (C=O) groups is 2. The van der Waals surface area contributed by atoms with Crippen molar-refractivity contribution in [3.05, 3.63) is 53.5 Å². The molecular formula is C27H30F3N5O3S. The van der Waals surface area contributed by atoms with Crippen LogP contribution in [0.2, 0.25) is 0 Å². The number of hydrogen-bond donors (Lipinski definition) is 0. The molecule has 2 saturated heterocycles. The van der Waals surface area contributed by atoms with Gasteiger partial charge in [0, 0.05) is 26.2 Å². The molecule has 208 valence electrons. The van der Waals surface area contributed by atoms with Gasteiger partial charge in [0.15, 0.2) is 10.9 Å². The van der Waals surface area contributed by atoms with Crippen LogP contribution in [-0.2, 0) is 11.0 Å². The van der Waals surface area contributed by atoms with Gasteiger partial charge in [-0.05, 0) is 88.7 Å². The van der Waals surface area contributed by atoms with E-state index in [0.29, 0.717) is 25.4 Å². The Hall–Kier alpha value is -3.43. The molecule has 4 rings (SSSR count). The Morgan fingerprint density at radius 1 is 1.13 bits per heavy atom. The summed E-state index contributed by atoms with van der Waals surface area (Å²) in [6, 6.07) is 8.10. The zero-order valence-electron chi connectivity index (χ0n) is 21.8.